The number of hydrogen-bond donors (Lipinski definition) is 1. The van der Waals surface area contributed by atoms with Crippen molar-refractivity contribution >= 4 is 22.9 Å². The average Bonchev–Trinajstić information content (AvgIpc) is 3.12. The van der Waals surface area contributed by atoms with E-state index in [0.717, 1.165) is 6.42 Å². The Bertz CT molecular complexity index is 934. The minimum atomic E-state index is -0.614. The van der Waals surface area contributed by atoms with Gasteiger partial charge in [0.15, 0.2) is 0 Å². The fourth-order valence-corrected chi connectivity index (χ4v) is 3.15. The highest BCUT2D eigenvalue weighted by molar-refractivity contribution is 5.86. The Morgan fingerprint density at radius 2 is 2.04 bits per heavy atom. The molecule has 2 aromatic rings. The van der Waals surface area contributed by atoms with Crippen molar-refractivity contribution in [3.05, 3.63) is 34.6 Å². The second-order valence-corrected chi connectivity index (χ2v) is 7.76. The van der Waals surface area contributed by atoms with Crippen molar-refractivity contribution in [2.24, 2.45) is 0 Å². The van der Waals surface area contributed by atoms with Crippen LogP contribution in [0.25, 0.3) is 10.9 Å². The third kappa shape index (κ3) is 4.47. The second kappa shape index (κ2) is 7.95. The first-order chi connectivity index (χ1) is 13.3. The van der Waals surface area contributed by atoms with Crippen LogP contribution in [0, 0.1) is 0 Å². The maximum absolute atomic E-state index is 12.5. The lowest BCUT2D eigenvalue weighted by atomic mass is 10.2. The fourth-order valence-electron chi connectivity index (χ4n) is 3.15. The number of carbonyl (C=O) groups is 2. The van der Waals surface area contributed by atoms with Gasteiger partial charge in [-0.3, -0.25) is 14.5 Å². The van der Waals surface area contributed by atoms with Gasteiger partial charge >= 0.3 is 6.09 Å². The van der Waals surface area contributed by atoms with Gasteiger partial charge in [0, 0.05) is 13.1 Å². The van der Waals surface area contributed by atoms with Crippen LogP contribution in [0.15, 0.2) is 29.1 Å². The molecular weight excluding hydrogens is 362 g/mol. The molecule has 0 saturated carbocycles. The number of carbonyl (C=O) groups excluding carboxylic acids is 2. The lowest BCUT2D eigenvalue weighted by molar-refractivity contribution is -0.125. The monoisotopic (exact) mass is 387 g/mol. The van der Waals surface area contributed by atoms with E-state index in [1.54, 1.807) is 45.0 Å². The number of aromatic nitrogens is 3. The van der Waals surface area contributed by atoms with E-state index in [-0.39, 0.29) is 24.6 Å². The minimum absolute atomic E-state index is 0.196. The van der Waals surface area contributed by atoms with Gasteiger partial charge < -0.3 is 10.1 Å². The first kappa shape index (κ1) is 19.8. The Morgan fingerprint density at radius 1 is 1.29 bits per heavy atom. The molecule has 28 heavy (non-hydrogen) atoms. The van der Waals surface area contributed by atoms with Crippen molar-refractivity contribution in [2.45, 2.75) is 51.8 Å². The average molecular weight is 387 g/mol. The van der Waals surface area contributed by atoms with Gasteiger partial charge in [-0.2, -0.15) is 0 Å². The molecule has 1 aromatic heterocycles. The van der Waals surface area contributed by atoms with E-state index in [2.05, 4.69) is 15.6 Å². The Hall–Kier alpha value is -2.97. The Kier molecular flexibility index (Phi) is 5.62. The molecule has 3 rings (SSSR count). The van der Waals surface area contributed by atoms with E-state index in [1.165, 1.54) is 9.58 Å². The van der Waals surface area contributed by atoms with Crippen LogP contribution >= 0.6 is 0 Å². The molecule has 9 nitrogen and oxygen atoms in total. The number of rotatable bonds is 4. The Morgan fingerprint density at radius 3 is 2.79 bits per heavy atom. The van der Waals surface area contributed by atoms with E-state index >= 15 is 0 Å². The minimum Gasteiger partial charge on any atom is -0.444 e. The number of benzene rings is 1. The predicted molar refractivity (Wildman–Crippen MR) is 103 cm³/mol. The van der Waals surface area contributed by atoms with E-state index in [0.29, 0.717) is 23.9 Å². The summed E-state index contributed by atoms with van der Waals surface area (Å²) >= 11 is 0. The SMILES string of the molecule is CC(C)(C)OC(=O)N1CCC[C@@H]1C(=O)NCCn1nnc2ccccc2c1=O. The molecule has 0 unspecified atom stereocenters. The third-order valence-electron chi connectivity index (χ3n) is 4.44. The van der Waals surface area contributed by atoms with E-state index < -0.39 is 17.7 Å². The van der Waals surface area contributed by atoms with Crippen LogP contribution < -0.4 is 10.9 Å². The van der Waals surface area contributed by atoms with Gasteiger partial charge in [-0.1, -0.05) is 17.3 Å². The van der Waals surface area contributed by atoms with E-state index in [9.17, 15) is 14.4 Å². The normalized spacial score (nSPS) is 17.0. The van der Waals surface area contributed by atoms with Crippen LogP contribution in [-0.4, -0.2) is 56.6 Å². The van der Waals surface area contributed by atoms with Gasteiger partial charge in [-0.25, -0.2) is 9.48 Å². The van der Waals surface area contributed by atoms with Crippen molar-refractivity contribution in [3.63, 3.8) is 0 Å². The second-order valence-electron chi connectivity index (χ2n) is 7.76. The fraction of sp³-hybridized carbons (Fsp3) is 0.526. The first-order valence-corrected chi connectivity index (χ1v) is 9.36. The number of fused-ring (bicyclic) bond motifs is 1. The molecule has 2 heterocycles. The summed E-state index contributed by atoms with van der Waals surface area (Å²) in [4.78, 5) is 38.7. The number of nitrogens with zero attached hydrogens (tertiary/aromatic N) is 4. The van der Waals surface area contributed by atoms with Crippen molar-refractivity contribution < 1.29 is 14.3 Å². The largest absolute Gasteiger partial charge is 0.444 e. The molecule has 1 saturated heterocycles. The molecule has 0 radical (unpaired) electrons. The summed E-state index contributed by atoms with van der Waals surface area (Å²) in [5.41, 5.74) is -0.334. The molecule has 0 aliphatic carbocycles. The standard InChI is InChI=1S/C19H25N5O4/c1-19(2,3)28-18(27)23-11-6-9-15(23)16(25)20-10-12-24-17(26)13-7-4-5-8-14(13)21-22-24/h4-5,7-8,15H,6,9-12H2,1-3H3,(H,20,25)/t15-/m1/s1. The molecule has 0 bridgehead atoms. The third-order valence-corrected chi connectivity index (χ3v) is 4.44. The lowest BCUT2D eigenvalue weighted by Crippen LogP contribution is -2.48. The molecule has 150 valence electrons. The highest BCUT2D eigenvalue weighted by atomic mass is 16.6. The molecule has 9 heteroatoms. The van der Waals surface area contributed by atoms with E-state index in [4.69, 9.17) is 4.74 Å². The quantitative estimate of drug-likeness (QED) is 0.848. The molecule has 1 aliphatic heterocycles. The van der Waals surface area contributed by atoms with Crippen molar-refractivity contribution in [1.82, 2.24) is 25.2 Å². The highest BCUT2D eigenvalue weighted by Crippen LogP contribution is 2.20. The van der Waals surface area contributed by atoms with Gasteiger partial charge in [-0.05, 0) is 45.7 Å². The van der Waals surface area contributed by atoms with Crippen LogP contribution in [0.1, 0.15) is 33.6 Å². The number of ether oxygens (including phenoxy) is 1. The first-order valence-electron chi connectivity index (χ1n) is 9.36. The van der Waals surface area contributed by atoms with Crippen molar-refractivity contribution in [3.8, 4) is 0 Å². The summed E-state index contributed by atoms with van der Waals surface area (Å²) in [5.74, 6) is -0.259. The zero-order chi connectivity index (χ0) is 20.3. The summed E-state index contributed by atoms with van der Waals surface area (Å²) in [5, 5.41) is 11.2. The molecule has 1 fully saturated rings. The number of hydrogen-bond acceptors (Lipinski definition) is 6. The molecule has 1 aromatic carbocycles. The van der Waals surface area contributed by atoms with Gasteiger partial charge in [0.2, 0.25) is 5.91 Å². The van der Waals surface area contributed by atoms with Crippen LogP contribution in [0.5, 0.6) is 0 Å². The van der Waals surface area contributed by atoms with Gasteiger partial charge in [0.1, 0.15) is 17.2 Å². The molecule has 1 N–H and O–H groups in total. The van der Waals surface area contributed by atoms with Crippen LogP contribution in [-0.2, 0) is 16.1 Å². The van der Waals surface area contributed by atoms with Crippen LogP contribution in [0.2, 0.25) is 0 Å². The van der Waals surface area contributed by atoms with E-state index in [1.807, 2.05) is 0 Å². The lowest BCUT2D eigenvalue weighted by Gasteiger charge is -2.28. The Labute approximate surface area is 162 Å². The van der Waals surface area contributed by atoms with Crippen LogP contribution in [0.3, 0.4) is 0 Å². The summed E-state index contributed by atoms with van der Waals surface area (Å²) < 4.78 is 6.60. The summed E-state index contributed by atoms with van der Waals surface area (Å²) in [6, 6.07) is 6.41. The number of amides is 2. The van der Waals surface area contributed by atoms with Crippen molar-refractivity contribution in [2.75, 3.05) is 13.1 Å². The molecule has 0 spiro atoms. The summed E-state index contributed by atoms with van der Waals surface area (Å²) in [7, 11) is 0. The maximum Gasteiger partial charge on any atom is 0.410 e. The molecule has 1 atom stereocenters. The Balaban J connectivity index is 1.59. The van der Waals surface area contributed by atoms with Crippen molar-refractivity contribution in [1.29, 1.82) is 0 Å². The van der Waals surface area contributed by atoms with Gasteiger partial charge in [0.25, 0.3) is 5.56 Å². The summed E-state index contributed by atoms with van der Waals surface area (Å²) in [6.45, 7) is 6.27. The van der Waals surface area contributed by atoms with Gasteiger partial charge in [-0.15, -0.1) is 5.10 Å². The van der Waals surface area contributed by atoms with Gasteiger partial charge in [0.05, 0.1) is 11.9 Å². The zero-order valence-electron chi connectivity index (χ0n) is 16.3. The topological polar surface area (TPSA) is 106 Å². The number of likely N-dealkylation sites (tertiary alicyclic amines) is 1. The van der Waals surface area contributed by atoms with Crippen LogP contribution in [0.4, 0.5) is 4.79 Å². The molecule has 2 amide bonds. The summed E-state index contributed by atoms with van der Waals surface area (Å²) in [6.07, 6.45) is 0.843. The number of nitrogens with one attached hydrogen (secondary N) is 1. The highest BCUT2D eigenvalue weighted by Gasteiger charge is 2.36. The predicted octanol–water partition coefficient (Wildman–Crippen LogP) is 1.31. The zero-order valence-corrected chi connectivity index (χ0v) is 16.3. The molecule has 1 aliphatic rings. The molecular formula is C19H25N5O4. The maximum atomic E-state index is 12.5. The smallest absolute Gasteiger partial charge is 0.410 e.